The highest BCUT2D eigenvalue weighted by Crippen LogP contribution is 2.05. The van der Waals surface area contributed by atoms with Crippen molar-refractivity contribution in [2.45, 2.75) is 19.7 Å². The molecule has 21 heavy (non-hydrogen) atoms. The fourth-order valence-electron chi connectivity index (χ4n) is 1.94. The third kappa shape index (κ3) is 5.28. The van der Waals surface area contributed by atoms with Crippen LogP contribution < -0.4 is 10.6 Å². The van der Waals surface area contributed by atoms with Crippen molar-refractivity contribution in [3.05, 3.63) is 71.3 Å². The first-order valence-corrected chi connectivity index (χ1v) is 6.90. The highest BCUT2D eigenvalue weighted by Gasteiger charge is 2.01. The molecule has 2 rings (SSSR count). The molecule has 110 valence electrons. The molecule has 2 N–H and O–H groups in total. The van der Waals surface area contributed by atoms with Gasteiger partial charge in [-0.15, -0.1) is 0 Å². The fraction of sp³-hybridized carbons (Fsp3) is 0.235. The van der Waals surface area contributed by atoms with E-state index in [0.29, 0.717) is 19.7 Å². The molecule has 2 aromatic carbocycles. The van der Waals surface area contributed by atoms with Crippen LogP contribution in [0.1, 0.15) is 16.7 Å². The van der Waals surface area contributed by atoms with Gasteiger partial charge >= 0.3 is 6.03 Å². The van der Waals surface area contributed by atoms with E-state index in [9.17, 15) is 4.79 Å². The second kappa shape index (κ2) is 8.07. The van der Waals surface area contributed by atoms with E-state index in [-0.39, 0.29) is 6.03 Å². The van der Waals surface area contributed by atoms with Crippen LogP contribution in [0.2, 0.25) is 0 Å². The first-order chi connectivity index (χ1) is 10.3. The van der Waals surface area contributed by atoms with Gasteiger partial charge in [0.2, 0.25) is 0 Å². The van der Waals surface area contributed by atoms with Crippen LogP contribution in [0.25, 0.3) is 0 Å². The van der Waals surface area contributed by atoms with Gasteiger partial charge in [0.05, 0.1) is 6.61 Å². The molecule has 0 unspecified atom stereocenters. The zero-order chi connectivity index (χ0) is 14.9. The predicted molar refractivity (Wildman–Crippen MR) is 82.7 cm³/mol. The molecule has 0 radical (unpaired) electrons. The summed E-state index contributed by atoms with van der Waals surface area (Å²) in [6.07, 6.45) is 0. The molecule has 0 saturated carbocycles. The number of rotatable bonds is 6. The van der Waals surface area contributed by atoms with Crippen LogP contribution in [-0.4, -0.2) is 13.1 Å². The second-order valence-electron chi connectivity index (χ2n) is 4.77. The highest BCUT2D eigenvalue weighted by molar-refractivity contribution is 5.73. The summed E-state index contributed by atoms with van der Waals surface area (Å²) in [4.78, 5) is 11.7. The maximum absolute atomic E-state index is 11.7. The molecule has 0 saturated heterocycles. The lowest BCUT2D eigenvalue weighted by molar-refractivity contribution is 0.185. The Bertz CT molecular complexity index is 553. The van der Waals surface area contributed by atoms with E-state index >= 15 is 0 Å². The minimum atomic E-state index is -0.167. The third-order valence-corrected chi connectivity index (χ3v) is 3.08. The van der Waals surface area contributed by atoms with E-state index in [1.54, 1.807) is 7.11 Å². The molecular formula is C17H20N2O2. The van der Waals surface area contributed by atoms with Gasteiger partial charge in [-0.05, 0) is 16.7 Å². The van der Waals surface area contributed by atoms with E-state index < -0.39 is 0 Å². The zero-order valence-electron chi connectivity index (χ0n) is 12.1. The van der Waals surface area contributed by atoms with Gasteiger partial charge in [0, 0.05) is 20.2 Å². The summed E-state index contributed by atoms with van der Waals surface area (Å²) in [5, 5.41) is 5.67. The number of urea groups is 1. The van der Waals surface area contributed by atoms with Crippen LogP contribution in [0.15, 0.2) is 54.6 Å². The van der Waals surface area contributed by atoms with Crippen LogP contribution in [0.3, 0.4) is 0 Å². The predicted octanol–water partition coefficient (Wildman–Crippen LogP) is 2.83. The lowest BCUT2D eigenvalue weighted by Gasteiger charge is -2.08. The minimum absolute atomic E-state index is 0.167. The lowest BCUT2D eigenvalue weighted by atomic mass is 10.1. The number of ether oxygens (including phenoxy) is 1. The Balaban J connectivity index is 1.73. The van der Waals surface area contributed by atoms with Crippen molar-refractivity contribution < 1.29 is 9.53 Å². The molecule has 0 aliphatic rings. The van der Waals surface area contributed by atoms with Crippen molar-refractivity contribution in [2.75, 3.05) is 7.11 Å². The minimum Gasteiger partial charge on any atom is -0.380 e. The highest BCUT2D eigenvalue weighted by atomic mass is 16.5. The van der Waals surface area contributed by atoms with Gasteiger partial charge in [0.25, 0.3) is 0 Å². The van der Waals surface area contributed by atoms with E-state index in [2.05, 4.69) is 10.6 Å². The van der Waals surface area contributed by atoms with Crippen LogP contribution >= 0.6 is 0 Å². The second-order valence-corrected chi connectivity index (χ2v) is 4.77. The number of benzene rings is 2. The maximum atomic E-state index is 11.7. The Kier molecular flexibility index (Phi) is 5.79. The van der Waals surface area contributed by atoms with Gasteiger partial charge in [-0.2, -0.15) is 0 Å². The Hall–Kier alpha value is -2.33. The average molecular weight is 284 g/mol. The topological polar surface area (TPSA) is 50.4 Å². The zero-order valence-corrected chi connectivity index (χ0v) is 12.1. The number of nitrogens with one attached hydrogen (secondary N) is 2. The molecule has 2 aromatic rings. The standard InChI is InChI=1S/C17H20N2O2/c1-21-13-16-9-7-15(8-10-16)12-19-17(20)18-11-14-5-3-2-4-6-14/h2-10H,11-13H2,1H3,(H2,18,19,20). The summed E-state index contributed by atoms with van der Waals surface area (Å²) in [5.41, 5.74) is 3.26. The molecule has 0 atom stereocenters. The lowest BCUT2D eigenvalue weighted by Crippen LogP contribution is -2.34. The van der Waals surface area contributed by atoms with Gasteiger partial charge in [-0.25, -0.2) is 4.79 Å². The first kappa shape index (κ1) is 15.1. The molecular weight excluding hydrogens is 264 g/mol. The van der Waals surface area contributed by atoms with Crippen molar-refractivity contribution in [2.24, 2.45) is 0 Å². The van der Waals surface area contributed by atoms with Crippen LogP contribution in [0.4, 0.5) is 4.79 Å². The Morgan fingerprint density at radius 3 is 1.95 bits per heavy atom. The number of carbonyl (C=O) groups excluding carboxylic acids is 1. The molecule has 0 aliphatic carbocycles. The van der Waals surface area contributed by atoms with E-state index in [0.717, 1.165) is 16.7 Å². The van der Waals surface area contributed by atoms with Gasteiger partial charge in [-0.3, -0.25) is 0 Å². The van der Waals surface area contributed by atoms with Crippen molar-refractivity contribution in [1.29, 1.82) is 0 Å². The van der Waals surface area contributed by atoms with Crippen molar-refractivity contribution in [1.82, 2.24) is 10.6 Å². The summed E-state index contributed by atoms with van der Waals surface area (Å²) < 4.78 is 5.06. The molecule has 0 aliphatic heterocycles. The molecule has 4 nitrogen and oxygen atoms in total. The third-order valence-electron chi connectivity index (χ3n) is 3.08. The summed E-state index contributed by atoms with van der Waals surface area (Å²) in [6.45, 7) is 1.64. The summed E-state index contributed by atoms with van der Waals surface area (Å²) in [7, 11) is 1.67. The normalized spacial score (nSPS) is 10.1. The summed E-state index contributed by atoms with van der Waals surface area (Å²) in [6, 6.07) is 17.6. The number of amides is 2. The SMILES string of the molecule is COCc1ccc(CNC(=O)NCc2ccccc2)cc1. The number of hydrogen-bond acceptors (Lipinski definition) is 2. The Morgan fingerprint density at radius 2 is 1.38 bits per heavy atom. The molecule has 0 spiro atoms. The van der Waals surface area contributed by atoms with E-state index in [1.807, 2.05) is 54.6 Å². The molecule has 0 fully saturated rings. The van der Waals surface area contributed by atoms with Crippen molar-refractivity contribution in [3.8, 4) is 0 Å². The summed E-state index contributed by atoms with van der Waals surface area (Å²) >= 11 is 0. The Labute approximate surface area is 125 Å². The van der Waals surface area contributed by atoms with Gasteiger partial charge in [0.1, 0.15) is 0 Å². The molecule has 4 heteroatoms. The van der Waals surface area contributed by atoms with Crippen LogP contribution in [0.5, 0.6) is 0 Å². The summed E-state index contributed by atoms with van der Waals surface area (Å²) in [5.74, 6) is 0. The van der Waals surface area contributed by atoms with Gasteiger partial charge < -0.3 is 15.4 Å². The monoisotopic (exact) mass is 284 g/mol. The number of hydrogen-bond donors (Lipinski definition) is 2. The van der Waals surface area contributed by atoms with Crippen molar-refractivity contribution >= 4 is 6.03 Å². The molecule has 0 bridgehead atoms. The van der Waals surface area contributed by atoms with Gasteiger partial charge in [-0.1, -0.05) is 54.6 Å². The molecule has 0 heterocycles. The first-order valence-electron chi connectivity index (χ1n) is 6.90. The van der Waals surface area contributed by atoms with Crippen LogP contribution in [0, 0.1) is 0 Å². The number of carbonyl (C=O) groups is 1. The van der Waals surface area contributed by atoms with Gasteiger partial charge in [0.15, 0.2) is 0 Å². The van der Waals surface area contributed by atoms with E-state index in [4.69, 9.17) is 4.74 Å². The molecule has 0 aromatic heterocycles. The number of methoxy groups -OCH3 is 1. The largest absolute Gasteiger partial charge is 0.380 e. The molecule has 2 amide bonds. The van der Waals surface area contributed by atoms with E-state index in [1.165, 1.54) is 0 Å². The average Bonchev–Trinajstić information content (AvgIpc) is 2.53. The van der Waals surface area contributed by atoms with Crippen molar-refractivity contribution in [3.63, 3.8) is 0 Å². The maximum Gasteiger partial charge on any atom is 0.315 e. The smallest absolute Gasteiger partial charge is 0.315 e. The van der Waals surface area contributed by atoms with Crippen LogP contribution in [-0.2, 0) is 24.4 Å². The Morgan fingerprint density at radius 1 is 0.857 bits per heavy atom. The quantitative estimate of drug-likeness (QED) is 0.857. The fourth-order valence-corrected chi connectivity index (χ4v) is 1.94.